The highest BCUT2D eigenvalue weighted by molar-refractivity contribution is 6.17. The second-order valence-electron chi connectivity index (χ2n) is 5.82. The molecule has 0 fully saturated rings. The van der Waals surface area contributed by atoms with E-state index in [0.29, 0.717) is 22.4 Å². The van der Waals surface area contributed by atoms with Crippen LogP contribution >= 0.6 is 0 Å². The van der Waals surface area contributed by atoms with Gasteiger partial charge in [0.2, 0.25) is 0 Å². The van der Waals surface area contributed by atoms with Crippen LogP contribution in [-0.4, -0.2) is 29.9 Å². The topological polar surface area (TPSA) is 57.6 Å². The maximum Gasteiger partial charge on any atom is 0.323 e. The van der Waals surface area contributed by atoms with Crippen molar-refractivity contribution >= 4 is 23.5 Å². The Morgan fingerprint density at radius 2 is 1.96 bits per heavy atom. The fourth-order valence-corrected chi connectivity index (χ4v) is 2.82. The number of anilines is 1. The summed E-state index contributed by atoms with van der Waals surface area (Å²) < 4.78 is 13.0. The Labute approximate surface area is 138 Å². The highest BCUT2D eigenvalue weighted by Crippen LogP contribution is 2.31. The van der Waals surface area contributed by atoms with Crippen LogP contribution in [0.5, 0.6) is 0 Å². The van der Waals surface area contributed by atoms with Crippen LogP contribution in [0.25, 0.3) is 6.08 Å². The lowest BCUT2D eigenvalue weighted by atomic mass is 9.93. The van der Waals surface area contributed by atoms with E-state index in [1.165, 1.54) is 12.1 Å². The average Bonchev–Trinajstić information content (AvgIpc) is 2.53. The largest absolute Gasteiger partial charge is 0.480 e. The van der Waals surface area contributed by atoms with Crippen molar-refractivity contribution < 1.29 is 19.1 Å². The van der Waals surface area contributed by atoms with Crippen molar-refractivity contribution in [3.05, 3.63) is 70.5 Å². The van der Waals surface area contributed by atoms with E-state index in [-0.39, 0.29) is 24.7 Å². The number of aryl methyl sites for hydroxylation is 1. The molecule has 4 nitrogen and oxygen atoms in total. The van der Waals surface area contributed by atoms with Gasteiger partial charge in [0, 0.05) is 23.4 Å². The Hall–Kier alpha value is -2.95. The van der Waals surface area contributed by atoms with Gasteiger partial charge in [-0.3, -0.25) is 9.59 Å². The summed E-state index contributed by atoms with van der Waals surface area (Å²) in [4.78, 5) is 25.6. The maximum absolute atomic E-state index is 13.0. The number of carboxylic acids is 1. The van der Waals surface area contributed by atoms with Gasteiger partial charge < -0.3 is 10.0 Å². The molecule has 1 aliphatic heterocycles. The van der Waals surface area contributed by atoms with E-state index in [9.17, 15) is 14.0 Å². The number of Topliss-reactive ketones (excluding diaryl/α,β-unsaturated/α-hetero) is 1. The molecule has 0 radical (unpaired) electrons. The SMILES string of the molecule is Cc1ccc2c(c1)C(=O)/C(=C/c1ccc(F)cc1)CN2CC(=O)O. The Balaban J connectivity index is 2.04. The number of nitrogens with zero attached hydrogens (tertiary/aromatic N) is 1. The van der Waals surface area contributed by atoms with Crippen molar-refractivity contribution in [2.75, 3.05) is 18.0 Å². The highest BCUT2D eigenvalue weighted by atomic mass is 19.1. The van der Waals surface area contributed by atoms with Gasteiger partial charge in [-0.25, -0.2) is 4.39 Å². The van der Waals surface area contributed by atoms with Gasteiger partial charge in [0.15, 0.2) is 5.78 Å². The molecule has 0 saturated heterocycles. The maximum atomic E-state index is 13.0. The van der Waals surface area contributed by atoms with Crippen LogP contribution in [0.4, 0.5) is 10.1 Å². The molecule has 1 N–H and O–H groups in total. The van der Waals surface area contributed by atoms with Crippen LogP contribution in [0.2, 0.25) is 0 Å². The smallest absolute Gasteiger partial charge is 0.323 e. The summed E-state index contributed by atoms with van der Waals surface area (Å²) in [5.74, 6) is -1.43. The van der Waals surface area contributed by atoms with E-state index in [1.54, 1.807) is 35.2 Å². The molecule has 3 rings (SSSR count). The van der Waals surface area contributed by atoms with Gasteiger partial charge in [0.1, 0.15) is 12.4 Å². The van der Waals surface area contributed by atoms with Gasteiger partial charge in [-0.1, -0.05) is 23.8 Å². The summed E-state index contributed by atoms with van der Waals surface area (Å²) in [5, 5.41) is 9.13. The molecule has 0 aliphatic carbocycles. The third-order valence-corrected chi connectivity index (χ3v) is 3.93. The molecule has 0 aromatic heterocycles. The first-order valence-electron chi connectivity index (χ1n) is 7.52. The summed E-state index contributed by atoms with van der Waals surface area (Å²) in [6.45, 7) is 1.90. The minimum Gasteiger partial charge on any atom is -0.480 e. The van der Waals surface area contributed by atoms with Gasteiger partial charge in [0.05, 0.1) is 0 Å². The number of carboxylic acid groups (broad SMARTS) is 1. The zero-order valence-corrected chi connectivity index (χ0v) is 13.1. The fourth-order valence-electron chi connectivity index (χ4n) is 2.82. The third-order valence-electron chi connectivity index (χ3n) is 3.93. The predicted molar refractivity (Wildman–Crippen MR) is 89.7 cm³/mol. The van der Waals surface area contributed by atoms with Gasteiger partial charge in [-0.15, -0.1) is 0 Å². The van der Waals surface area contributed by atoms with E-state index in [2.05, 4.69) is 0 Å². The Morgan fingerprint density at radius 3 is 2.62 bits per heavy atom. The summed E-state index contributed by atoms with van der Waals surface area (Å²) in [6, 6.07) is 11.2. The Morgan fingerprint density at radius 1 is 1.25 bits per heavy atom. The summed E-state index contributed by atoms with van der Waals surface area (Å²) in [7, 11) is 0. The first kappa shape index (κ1) is 15.9. The van der Waals surface area contributed by atoms with Crippen molar-refractivity contribution in [2.24, 2.45) is 0 Å². The lowest BCUT2D eigenvalue weighted by Gasteiger charge is -2.31. The fraction of sp³-hybridized carbons (Fsp3) is 0.158. The zero-order chi connectivity index (χ0) is 17.3. The summed E-state index contributed by atoms with van der Waals surface area (Å²) in [6.07, 6.45) is 1.68. The number of aliphatic carboxylic acids is 1. The summed E-state index contributed by atoms with van der Waals surface area (Å²) in [5.41, 5.74) is 3.24. The normalized spacial score (nSPS) is 15.5. The average molecular weight is 325 g/mol. The molecule has 1 aliphatic rings. The third kappa shape index (κ3) is 3.20. The number of ketones is 1. The van der Waals surface area contributed by atoms with Crippen molar-refractivity contribution in [1.29, 1.82) is 0 Å². The van der Waals surface area contributed by atoms with Crippen LogP contribution in [0.15, 0.2) is 48.0 Å². The second-order valence-corrected chi connectivity index (χ2v) is 5.82. The quantitative estimate of drug-likeness (QED) is 0.880. The van der Waals surface area contributed by atoms with Crippen molar-refractivity contribution in [1.82, 2.24) is 0 Å². The van der Waals surface area contributed by atoms with Crippen LogP contribution in [-0.2, 0) is 4.79 Å². The second kappa shape index (κ2) is 6.28. The van der Waals surface area contributed by atoms with E-state index in [4.69, 9.17) is 5.11 Å². The van der Waals surface area contributed by atoms with Gasteiger partial charge in [0.25, 0.3) is 0 Å². The molecule has 1 heterocycles. The Bertz CT molecular complexity index is 840. The number of carbonyl (C=O) groups excluding carboxylic acids is 1. The molecular weight excluding hydrogens is 309 g/mol. The number of halogens is 1. The molecule has 2 aromatic carbocycles. The lowest BCUT2D eigenvalue weighted by Crippen LogP contribution is -2.37. The summed E-state index contributed by atoms with van der Waals surface area (Å²) >= 11 is 0. The minimum atomic E-state index is -0.961. The van der Waals surface area contributed by atoms with Crippen molar-refractivity contribution in [3.63, 3.8) is 0 Å². The van der Waals surface area contributed by atoms with E-state index >= 15 is 0 Å². The first-order valence-corrected chi connectivity index (χ1v) is 7.52. The minimum absolute atomic E-state index is 0.125. The molecule has 24 heavy (non-hydrogen) atoms. The molecule has 122 valence electrons. The number of hydrogen-bond donors (Lipinski definition) is 1. The van der Waals surface area contributed by atoms with Crippen molar-refractivity contribution in [3.8, 4) is 0 Å². The molecule has 0 saturated carbocycles. The first-order chi connectivity index (χ1) is 11.4. The van der Waals surface area contributed by atoms with Crippen LogP contribution < -0.4 is 4.90 Å². The Kier molecular flexibility index (Phi) is 4.16. The molecule has 2 aromatic rings. The molecular formula is C19H16FNO3. The standard InChI is InChI=1S/C19H16FNO3/c1-12-2-7-17-16(8-12)19(24)14(10-21(17)11-18(22)23)9-13-3-5-15(20)6-4-13/h2-9H,10-11H2,1H3,(H,22,23)/b14-9+. The van der Waals surface area contributed by atoms with Gasteiger partial charge >= 0.3 is 5.97 Å². The van der Waals surface area contributed by atoms with Crippen LogP contribution in [0.3, 0.4) is 0 Å². The number of rotatable bonds is 3. The van der Waals surface area contributed by atoms with E-state index in [1.807, 2.05) is 13.0 Å². The highest BCUT2D eigenvalue weighted by Gasteiger charge is 2.28. The molecule has 5 heteroatoms. The number of hydrogen-bond acceptors (Lipinski definition) is 3. The number of fused-ring (bicyclic) bond motifs is 1. The number of benzene rings is 2. The molecule has 0 bridgehead atoms. The number of carbonyl (C=O) groups is 2. The van der Waals surface area contributed by atoms with Crippen molar-refractivity contribution in [2.45, 2.75) is 6.92 Å². The van der Waals surface area contributed by atoms with E-state index in [0.717, 1.165) is 5.56 Å². The van der Waals surface area contributed by atoms with Crippen LogP contribution in [0, 0.1) is 12.7 Å². The van der Waals surface area contributed by atoms with E-state index < -0.39 is 5.97 Å². The lowest BCUT2D eigenvalue weighted by molar-refractivity contribution is -0.135. The zero-order valence-electron chi connectivity index (χ0n) is 13.1. The molecule has 0 unspecified atom stereocenters. The monoisotopic (exact) mass is 325 g/mol. The molecule has 0 amide bonds. The van der Waals surface area contributed by atoms with Crippen LogP contribution in [0.1, 0.15) is 21.5 Å². The molecule has 0 atom stereocenters. The predicted octanol–water partition coefficient (Wildman–Crippen LogP) is 3.31. The van der Waals surface area contributed by atoms with Gasteiger partial charge in [-0.05, 0) is 42.8 Å². The van der Waals surface area contributed by atoms with Gasteiger partial charge in [-0.2, -0.15) is 0 Å². The molecule has 0 spiro atoms.